The van der Waals surface area contributed by atoms with Crippen LogP contribution in [-0.2, 0) is 11.2 Å². The second-order valence-corrected chi connectivity index (χ2v) is 5.21. The van der Waals surface area contributed by atoms with E-state index in [9.17, 15) is 14.0 Å². The van der Waals surface area contributed by atoms with Gasteiger partial charge in [0.1, 0.15) is 11.9 Å². The van der Waals surface area contributed by atoms with E-state index in [-0.39, 0.29) is 12.0 Å². The molecule has 0 radical (unpaired) electrons. The Labute approximate surface area is 132 Å². The molecule has 114 valence electrons. The Bertz CT molecular complexity index is 689. The molecule has 2 rings (SSSR count). The van der Waals surface area contributed by atoms with Crippen molar-refractivity contribution in [1.29, 1.82) is 0 Å². The first-order chi connectivity index (χ1) is 10.5. The van der Waals surface area contributed by atoms with Crippen molar-refractivity contribution in [3.8, 4) is 0 Å². The minimum Gasteiger partial charge on any atom is -0.368 e. The van der Waals surface area contributed by atoms with Crippen LogP contribution in [-0.4, -0.2) is 17.9 Å². The largest absolute Gasteiger partial charge is 0.368 e. The molecule has 0 bridgehead atoms. The number of hydrogen-bond donors (Lipinski definition) is 2. The molecule has 1 atom stereocenters. The van der Waals surface area contributed by atoms with Gasteiger partial charge in [0.05, 0.1) is 0 Å². The van der Waals surface area contributed by atoms with E-state index in [1.54, 1.807) is 24.3 Å². The van der Waals surface area contributed by atoms with Gasteiger partial charge in [-0.15, -0.1) is 0 Å². The normalized spacial score (nSPS) is 11.7. The molecule has 0 saturated carbocycles. The van der Waals surface area contributed by atoms with Gasteiger partial charge in [0, 0.05) is 17.0 Å². The summed E-state index contributed by atoms with van der Waals surface area (Å²) in [7, 11) is 0. The Kier molecular flexibility index (Phi) is 5.12. The highest BCUT2D eigenvalue weighted by Crippen LogP contribution is 2.11. The topological polar surface area (TPSA) is 72.2 Å². The highest BCUT2D eigenvalue weighted by molar-refractivity contribution is 6.30. The first-order valence-electron chi connectivity index (χ1n) is 6.56. The molecule has 3 N–H and O–H groups in total. The number of amides is 2. The third-order valence-corrected chi connectivity index (χ3v) is 3.34. The molecule has 0 fully saturated rings. The smallest absolute Gasteiger partial charge is 0.252 e. The number of hydrogen-bond acceptors (Lipinski definition) is 2. The Hall–Kier alpha value is -2.40. The maximum atomic E-state index is 13.1. The third kappa shape index (κ3) is 4.30. The van der Waals surface area contributed by atoms with Crippen molar-refractivity contribution < 1.29 is 14.0 Å². The summed E-state index contributed by atoms with van der Waals surface area (Å²) in [5.41, 5.74) is 6.24. The van der Waals surface area contributed by atoms with Crippen molar-refractivity contribution in [2.75, 3.05) is 0 Å². The third-order valence-electron chi connectivity index (χ3n) is 3.09. The van der Waals surface area contributed by atoms with Gasteiger partial charge >= 0.3 is 0 Å². The molecular weight excluding hydrogens is 307 g/mol. The standard InChI is InChI=1S/C16H14ClFN2O2/c17-12-6-4-10(5-7-12)8-14(15(19)21)20-16(22)11-2-1-3-13(18)9-11/h1-7,9,14H,8H2,(H2,19,21)(H,20,22)/t14-/m0/s1. The van der Waals surface area contributed by atoms with Crippen molar-refractivity contribution in [2.45, 2.75) is 12.5 Å². The molecular formula is C16H14ClFN2O2. The van der Waals surface area contributed by atoms with Crippen LogP contribution < -0.4 is 11.1 Å². The van der Waals surface area contributed by atoms with E-state index in [1.807, 2.05) is 0 Å². The van der Waals surface area contributed by atoms with Crippen LogP contribution in [0.1, 0.15) is 15.9 Å². The number of primary amides is 1. The lowest BCUT2D eigenvalue weighted by molar-refractivity contribution is -0.119. The highest BCUT2D eigenvalue weighted by atomic mass is 35.5. The second kappa shape index (κ2) is 7.04. The number of nitrogens with two attached hydrogens (primary N) is 1. The summed E-state index contributed by atoms with van der Waals surface area (Å²) in [5, 5.41) is 3.08. The molecule has 4 nitrogen and oxygen atoms in total. The number of carbonyl (C=O) groups is 2. The van der Waals surface area contributed by atoms with Crippen molar-refractivity contribution in [1.82, 2.24) is 5.32 Å². The fraction of sp³-hybridized carbons (Fsp3) is 0.125. The molecule has 0 aliphatic rings. The Balaban J connectivity index is 2.10. The van der Waals surface area contributed by atoms with Gasteiger partial charge in [-0.25, -0.2) is 4.39 Å². The molecule has 0 aliphatic carbocycles. The lowest BCUT2D eigenvalue weighted by Crippen LogP contribution is -2.45. The van der Waals surface area contributed by atoms with Gasteiger partial charge in [-0.05, 0) is 35.9 Å². The minimum absolute atomic E-state index is 0.127. The van der Waals surface area contributed by atoms with Crippen molar-refractivity contribution in [2.24, 2.45) is 5.73 Å². The van der Waals surface area contributed by atoms with Gasteiger partial charge in [-0.1, -0.05) is 29.8 Å². The summed E-state index contributed by atoms with van der Waals surface area (Å²) >= 11 is 5.79. The van der Waals surface area contributed by atoms with E-state index >= 15 is 0 Å². The quantitative estimate of drug-likeness (QED) is 0.887. The molecule has 22 heavy (non-hydrogen) atoms. The zero-order chi connectivity index (χ0) is 16.1. The van der Waals surface area contributed by atoms with Gasteiger partial charge in [-0.2, -0.15) is 0 Å². The zero-order valence-electron chi connectivity index (χ0n) is 11.6. The molecule has 0 spiro atoms. The number of carbonyl (C=O) groups excluding carboxylic acids is 2. The second-order valence-electron chi connectivity index (χ2n) is 4.77. The van der Waals surface area contributed by atoms with E-state index in [0.717, 1.165) is 11.6 Å². The molecule has 2 aromatic rings. The SMILES string of the molecule is NC(=O)[C@H](Cc1ccc(Cl)cc1)NC(=O)c1cccc(F)c1. The van der Waals surface area contributed by atoms with Crippen LogP contribution in [0.15, 0.2) is 48.5 Å². The van der Waals surface area contributed by atoms with Crippen molar-refractivity contribution in [3.63, 3.8) is 0 Å². The van der Waals surface area contributed by atoms with Crippen LogP contribution >= 0.6 is 11.6 Å². The number of rotatable bonds is 5. The molecule has 0 heterocycles. The lowest BCUT2D eigenvalue weighted by Gasteiger charge is -2.15. The summed E-state index contributed by atoms with van der Waals surface area (Å²) in [4.78, 5) is 23.6. The number of nitrogens with one attached hydrogen (secondary N) is 1. The average Bonchev–Trinajstić information content (AvgIpc) is 2.48. The maximum absolute atomic E-state index is 13.1. The monoisotopic (exact) mass is 320 g/mol. The van der Waals surface area contributed by atoms with Crippen LogP contribution in [0.25, 0.3) is 0 Å². The van der Waals surface area contributed by atoms with Gasteiger partial charge < -0.3 is 11.1 Å². The summed E-state index contributed by atoms with van der Waals surface area (Å²) < 4.78 is 13.1. The van der Waals surface area contributed by atoms with Crippen LogP contribution in [0.2, 0.25) is 5.02 Å². The van der Waals surface area contributed by atoms with Crippen LogP contribution in [0.5, 0.6) is 0 Å². The van der Waals surface area contributed by atoms with Crippen LogP contribution in [0.3, 0.4) is 0 Å². The Morgan fingerprint density at radius 3 is 2.45 bits per heavy atom. The van der Waals surface area contributed by atoms with Gasteiger partial charge in [0.2, 0.25) is 5.91 Å². The highest BCUT2D eigenvalue weighted by Gasteiger charge is 2.19. The molecule has 0 saturated heterocycles. The first-order valence-corrected chi connectivity index (χ1v) is 6.93. The fourth-order valence-electron chi connectivity index (χ4n) is 1.95. The summed E-state index contributed by atoms with van der Waals surface area (Å²) in [6.45, 7) is 0. The van der Waals surface area contributed by atoms with E-state index in [0.29, 0.717) is 5.02 Å². The summed E-state index contributed by atoms with van der Waals surface area (Å²) in [6, 6.07) is 11.2. The maximum Gasteiger partial charge on any atom is 0.252 e. The summed E-state index contributed by atoms with van der Waals surface area (Å²) in [5.74, 6) is -1.75. The minimum atomic E-state index is -0.892. The molecule has 6 heteroatoms. The molecule has 2 aromatic carbocycles. The van der Waals surface area contributed by atoms with E-state index in [4.69, 9.17) is 17.3 Å². The predicted octanol–water partition coefficient (Wildman–Crippen LogP) is 2.31. The average molecular weight is 321 g/mol. The Morgan fingerprint density at radius 1 is 1.18 bits per heavy atom. The van der Waals surface area contributed by atoms with Crippen LogP contribution in [0, 0.1) is 5.82 Å². The van der Waals surface area contributed by atoms with E-state index in [2.05, 4.69) is 5.32 Å². The lowest BCUT2D eigenvalue weighted by atomic mass is 10.0. The molecule has 2 amide bonds. The fourth-order valence-corrected chi connectivity index (χ4v) is 2.08. The zero-order valence-corrected chi connectivity index (χ0v) is 12.3. The molecule has 0 aromatic heterocycles. The Morgan fingerprint density at radius 2 is 1.86 bits per heavy atom. The number of halogens is 2. The molecule has 0 aliphatic heterocycles. The summed E-state index contributed by atoms with van der Waals surface area (Å²) in [6.07, 6.45) is 0.230. The predicted molar refractivity (Wildman–Crippen MR) is 82.0 cm³/mol. The van der Waals surface area contributed by atoms with Gasteiger partial charge in [0.25, 0.3) is 5.91 Å². The molecule has 0 unspecified atom stereocenters. The van der Waals surface area contributed by atoms with Crippen LogP contribution in [0.4, 0.5) is 4.39 Å². The first kappa shape index (κ1) is 16.0. The van der Waals surface area contributed by atoms with Crippen molar-refractivity contribution in [3.05, 3.63) is 70.5 Å². The van der Waals surface area contributed by atoms with Gasteiger partial charge in [0.15, 0.2) is 0 Å². The van der Waals surface area contributed by atoms with E-state index in [1.165, 1.54) is 18.2 Å². The van der Waals surface area contributed by atoms with Crippen molar-refractivity contribution >= 4 is 23.4 Å². The van der Waals surface area contributed by atoms with Gasteiger partial charge in [-0.3, -0.25) is 9.59 Å². The van der Waals surface area contributed by atoms with E-state index < -0.39 is 23.7 Å². The number of benzene rings is 2.